The van der Waals surface area contributed by atoms with Crippen LogP contribution < -0.4 is 9.47 Å². The van der Waals surface area contributed by atoms with Gasteiger partial charge < -0.3 is 19.5 Å². The summed E-state index contributed by atoms with van der Waals surface area (Å²) in [5.41, 5.74) is 4.10. The van der Waals surface area contributed by atoms with E-state index in [1.165, 1.54) is 6.07 Å². The maximum absolute atomic E-state index is 13.7. The fourth-order valence-electron chi connectivity index (χ4n) is 4.91. The lowest BCUT2D eigenvalue weighted by Gasteiger charge is -2.27. The zero-order chi connectivity index (χ0) is 27.5. The van der Waals surface area contributed by atoms with Gasteiger partial charge >= 0.3 is 0 Å². The van der Waals surface area contributed by atoms with Crippen LogP contribution in [0.3, 0.4) is 0 Å². The van der Waals surface area contributed by atoms with E-state index in [0.717, 1.165) is 29.0 Å². The summed E-state index contributed by atoms with van der Waals surface area (Å²) in [4.78, 5) is 15.6. The van der Waals surface area contributed by atoms with Gasteiger partial charge in [-0.3, -0.25) is 9.89 Å². The Bertz CT molecular complexity index is 1470. The summed E-state index contributed by atoms with van der Waals surface area (Å²) in [5, 5.41) is 18.5. The second-order valence-corrected chi connectivity index (χ2v) is 10.6. The first-order chi connectivity index (χ1) is 18.9. The minimum atomic E-state index is -0.425. The molecule has 3 aromatic carbocycles. The van der Waals surface area contributed by atoms with Crippen molar-refractivity contribution in [2.24, 2.45) is 5.92 Å². The van der Waals surface area contributed by atoms with Gasteiger partial charge in [0.2, 0.25) is 0 Å². The SMILES string of the molecule is COc1ccc(CCN2C(=O)c3[nH]nc(-c4cc(Cl)ccc4O)c3C2c2cccc(OCCC(C)C)c2)cc1. The van der Waals surface area contributed by atoms with Crippen LogP contribution in [-0.4, -0.2) is 46.4 Å². The number of methoxy groups -OCH3 is 1. The van der Waals surface area contributed by atoms with Crippen molar-refractivity contribution in [1.29, 1.82) is 0 Å². The highest BCUT2D eigenvalue weighted by Gasteiger charge is 2.42. The van der Waals surface area contributed by atoms with E-state index in [4.69, 9.17) is 21.1 Å². The highest BCUT2D eigenvalue weighted by atomic mass is 35.5. The number of hydrogen-bond donors (Lipinski definition) is 2. The number of hydrogen-bond acceptors (Lipinski definition) is 5. The largest absolute Gasteiger partial charge is 0.507 e. The number of fused-ring (bicyclic) bond motifs is 1. The van der Waals surface area contributed by atoms with Gasteiger partial charge in [-0.15, -0.1) is 0 Å². The van der Waals surface area contributed by atoms with Gasteiger partial charge in [0.25, 0.3) is 5.91 Å². The number of H-pyrrole nitrogens is 1. The van der Waals surface area contributed by atoms with Gasteiger partial charge in [-0.2, -0.15) is 5.10 Å². The number of benzene rings is 3. The molecule has 0 spiro atoms. The smallest absolute Gasteiger partial charge is 0.273 e. The molecule has 7 nitrogen and oxygen atoms in total. The van der Waals surface area contributed by atoms with Crippen molar-refractivity contribution in [3.05, 3.63) is 94.1 Å². The Morgan fingerprint density at radius 3 is 2.62 bits per heavy atom. The Labute approximate surface area is 233 Å². The minimum absolute atomic E-state index is 0.0438. The molecule has 0 bridgehead atoms. The molecule has 2 heterocycles. The Hall–Kier alpha value is -3.97. The third-order valence-corrected chi connectivity index (χ3v) is 7.25. The molecule has 1 unspecified atom stereocenters. The second-order valence-electron chi connectivity index (χ2n) is 10.1. The molecule has 1 atom stereocenters. The van der Waals surface area contributed by atoms with E-state index in [1.54, 1.807) is 19.2 Å². The quantitative estimate of drug-likeness (QED) is 0.233. The molecule has 202 valence electrons. The number of aromatic hydroxyl groups is 1. The lowest BCUT2D eigenvalue weighted by molar-refractivity contribution is 0.0745. The maximum atomic E-state index is 13.7. The number of rotatable bonds is 10. The Kier molecular flexibility index (Phi) is 7.79. The van der Waals surface area contributed by atoms with Crippen LogP contribution in [0, 0.1) is 5.92 Å². The van der Waals surface area contributed by atoms with E-state index < -0.39 is 6.04 Å². The van der Waals surface area contributed by atoms with Crippen molar-refractivity contribution >= 4 is 17.5 Å². The molecular weight excluding hydrogens is 514 g/mol. The van der Waals surface area contributed by atoms with E-state index in [2.05, 4.69) is 24.0 Å². The summed E-state index contributed by atoms with van der Waals surface area (Å²) >= 11 is 6.27. The lowest BCUT2D eigenvalue weighted by Crippen LogP contribution is -2.31. The van der Waals surface area contributed by atoms with Gasteiger partial charge in [-0.05, 0) is 72.4 Å². The highest BCUT2D eigenvalue weighted by molar-refractivity contribution is 6.31. The molecule has 0 fully saturated rings. The Morgan fingerprint density at radius 2 is 1.87 bits per heavy atom. The molecule has 1 aromatic heterocycles. The first-order valence-corrected chi connectivity index (χ1v) is 13.5. The highest BCUT2D eigenvalue weighted by Crippen LogP contribution is 2.45. The van der Waals surface area contributed by atoms with Gasteiger partial charge in [0, 0.05) is 22.7 Å². The molecule has 0 radical (unpaired) electrons. The summed E-state index contributed by atoms with van der Waals surface area (Å²) in [6.45, 7) is 5.43. The molecule has 1 aliphatic rings. The van der Waals surface area contributed by atoms with Crippen molar-refractivity contribution in [3.8, 4) is 28.5 Å². The number of carbonyl (C=O) groups is 1. The summed E-state index contributed by atoms with van der Waals surface area (Å²) in [6, 6.07) is 20.1. The molecular formula is C31H32ClN3O4. The number of nitrogens with zero attached hydrogens (tertiary/aromatic N) is 2. The van der Waals surface area contributed by atoms with Crippen LogP contribution in [0.2, 0.25) is 5.02 Å². The number of phenolic OH excluding ortho intramolecular Hbond substituents is 1. The van der Waals surface area contributed by atoms with Crippen LogP contribution in [0.5, 0.6) is 17.2 Å². The molecule has 8 heteroatoms. The van der Waals surface area contributed by atoms with E-state index in [1.807, 2.05) is 53.4 Å². The number of nitrogens with one attached hydrogen (secondary N) is 1. The average Bonchev–Trinajstić information content (AvgIpc) is 3.47. The predicted octanol–water partition coefficient (Wildman–Crippen LogP) is 6.66. The number of aromatic amines is 1. The van der Waals surface area contributed by atoms with Crippen LogP contribution in [0.1, 0.15) is 53.5 Å². The lowest BCUT2D eigenvalue weighted by atomic mass is 9.95. The second kappa shape index (κ2) is 11.4. The number of halogens is 1. The first kappa shape index (κ1) is 26.6. The summed E-state index contributed by atoms with van der Waals surface area (Å²) in [6.07, 6.45) is 1.61. The van der Waals surface area contributed by atoms with Crippen molar-refractivity contribution in [3.63, 3.8) is 0 Å². The molecule has 39 heavy (non-hydrogen) atoms. The summed E-state index contributed by atoms with van der Waals surface area (Å²) < 4.78 is 11.3. The molecule has 1 aliphatic heterocycles. The minimum Gasteiger partial charge on any atom is -0.507 e. The standard InChI is InChI=1S/C31H32ClN3O4/c1-19(2)14-16-39-24-6-4-5-21(17-24)30-27-28(25-18-22(32)9-12-26(25)36)33-34-29(27)31(37)35(30)15-13-20-7-10-23(38-3)11-8-20/h4-12,17-19,30,36H,13-16H2,1-3H3,(H,33,34). The number of ether oxygens (including phenoxy) is 2. The van der Waals surface area contributed by atoms with Crippen molar-refractivity contribution in [2.45, 2.75) is 32.7 Å². The van der Waals surface area contributed by atoms with Crippen molar-refractivity contribution in [1.82, 2.24) is 15.1 Å². The normalized spacial score (nSPS) is 14.6. The monoisotopic (exact) mass is 545 g/mol. The average molecular weight is 546 g/mol. The van der Waals surface area contributed by atoms with E-state index in [9.17, 15) is 9.90 Å². The third kappa shape index (κ3) is 5.59. The fourth-order valence-corrected chi connectivity index (χ4v) is 5.08. The third-order valence-electron chi connectivity index (χ3n) is 7.02. The first-order valence-electron chi connectivity index (χ1n) is 13.1. The zero-order valence-corrected chi connectivity index (χ0v) is 23.0. The van der Waals surface area contributed by atoms with Gasteiger partial charge in [0.05, 0.1) is 19.8 Å². The van der Waals surface area contributed by atoms with Crippen LogP contribution in [0.25, 0.3) is 11.3 Å². The number of phenols is 1. The molecule has 2 N–H and O–H groups in total. The molecule has 0 saturated carbocycles. The summed E-state index contributed by atoms with van der Waals surface area (Å²) in [7, 11) is 1.64. The van der Waals surface area contributed by atoms with Gasteiger partial charge in [0.15, 0.2) is 0 Å². The summed E-state index contributed by atoms with van der Waals surface area (Å²) in [5.74, 6) is 1.97. The number of carbonyl (C=O) groups excluding carboxylic acids is 1. The van der Waals surface area contributed by atoms with E-state index in [0.29, 0.717) is 53.0 Å². The fraction of sp³-hybridized carbons (Fsp3) is 0.290. The van der Waals surface area contributed by atoms with Crippen LogP contribution in [0.4, 0.5) is 0 Å². The van der Waals surface area contributed by atoms with Crippen LogP contribution in [0.15, 0.2) is 66.7 Å². The predicted molar refractivity (Wildman–Crippen MR) is 152 cm³/mol. The van der Waals surface area contributed by atoms with E-state index in [-0.39, 0.29) is 11.7 Å². The maximum Gasteiger partial charge on any atom is 0.273 e. The molecule has 1 amide bonds. The van der Waals surface area contributed by atoms with Gasteiger partial charge in [0.1, 0.15) is 28.6 Å². The van der Waals surface area contributed by atoms with Gasteiger partial charge in [-0.25, -0.2) is 0 Å². The van der Waals surface area contributed by atoms with Crippen LogP contribution >= 0.6 is 11.6 Å². The number of amides is 1. The van der Waals surface area contributed by atoms with Crippen molar-refractivity contribution in [2.75, 3.05) is 20.3 Å². The number of aromatic nitrogens is 2. The van der Waals surface area contributed by atoms with Gasteiger partial charge in [-0.1, -0.05) is 49.7 Å². The topological polar surface area (TPSA) is 87.7 Å². The molecule has 5 rings (SSSR count). The zero-order valence-electron chi connectivity index (χ0n) is 22.3. The van der Waals surface area contributed by atoms with Crippen LogP contribution in [-0.2, 0) is 6.42 Å². The molecule has 0 saturated heterocycles. The Morgan fingerprint density at radius 1 is 1.08 bits per heavy atom. The van der Waals surface area contributed by atoms with Crippen molar-refractivity contribution < 1.29 is 19.4 Å². The van der Waals surface area contributed by atoms with E-state index >= 15 is 0 Å². The molecule has 4 aromatic rings. The molecule has 0 aliphatic carbocycles. The Balaban J connectivity index is 1.53.